The van der Waals surface area contributed by atoms with Crippen LogP contribution in [0, 0.1) is 11.3 Å². The highest BCUT2D eigenvalue weighted by Gasteiger charge is 2.31. The van der Waals surface area contributed by atoms with Gasteiger partial charge in [-0.05, 0) is 25.0 Å². The molecule has 124 valence electrons. The Morgan fingerprint density at radius 3 is 3.12 bits per heavy atom. The zero-order valence-electron chi connectivity index (χ0n) is 13.1. The fourth-order valence-electron chi connectivity index (χ4n) is 2.75. The van der Waals surface area contributed by atoms with Gasteiger partial charge in [-0.1, -0.05) is 0 Å². The monoisotopic (exact) mass is 342 g/mol. The Balaban J connectivity index is 1.48. The second-order valence-corrected chi connectivity index (χ2v) is 6.27. The lowest BCUT2D eigenvalue weighted by Gasteiger charge is -2.23. The number of nitrogens with one attached hydrogen (secondary N) is 2. The maximum Gasteiger partial charge on any atom is 0.242 e. The summed E-state index contributed by atoms with van der Waals surface area (Å²) in [5.41, 5.74) is 0.495. The van der Waals surface area contributed by atoms with E-state index in [4.69, 9.17) is 5.26 Å². The molecule has 7 nitrogen and oxygen atoms in total. The van der Waals surface area contributed by atoms with Gasteiger partial charge < -0.3 is 15.5 Å². The van der Waals surface area contributed by atoms with Crippen LogP contribution in [-0.4, -0.2) is 41.6 Å². The Kier molecular flexibility index (Phi) is 5.23. The van der Waals surface area contributed by atoms with Gasteiger partial charge in [0.05, 0.1) is 5.56 Å². The van der Waals surface area contributed by atoms with E-state index in [1.807, 2.05) is 5.38 Å². The first-order chi connectivity index (χ1) is 11.8. The summed E-state index contributed by atoms with van der Waals surface area (Å²) in [7, 11) is 0. The molecule has 2 aromatic rings. The van der Waals surface area contributed by atoms with Crippen LogP contribution in [0.5, 0.6) is 0 Å². The van der Waals surface area contributed by atoms with Gasteiger partial charge in [-0.15, -0.1) is 11.3 Å². The van der Waals surface area contributed by atoms with Crippen molar-refractivity contribution >= 4 is 28.2 Å². The van der Waals surface area contributed by atoms with Crippen LogP contribution >= 0.6 is 11.3 Å². The molecule has 0 saturated carbocycles. The summed E-state index contributed by atoms with van der Waals surface area (Å²) in [6, 6.07) is 5.36. The quantitative estimate of drug-likeness (QED) is 0.775. The van der Waals surface area contributed by atoms with Crippen LogP contribution in [0.1, 0.15) is 18.4 Å². The normalized spacial score (nSPS) is 16.6. The van der Waals surface area contributed by atoms with Crippen molar-refractivity contribution in [2.45, 2.75) is 18.9 Å². The smallest absolute Gasteiger partial charge is 0.242 e. The number of aromatic nitrogens is 2. The van der Waals surface area contributed by atoms with E-state index in [2.05, 4.69) is 31.6 Å². The average molecular weight is 342 g/mol. The molecule has 1 fully saturated rings. The molecule has 2 aromatic heterocycles. The SMILES string of the molecule is N#Cc1cccnc1NCCNC(=O)[C@H]1CCCN1c1nccs1. The van der Waals surface area contributed by atoms with Crippen LogP contribution in [0.15, 0.2) is 29.9 Å². The Morgan fingerprint density at radius 2 is 2.33 bits per heavy atom. The number of nitriles is 1. The summed E-state index contributed by atoms with van der Waals surface area (Å²) in [5.74, 6) is 0.561. The lowest BCUT2D eigenvalue weighted by molar-refractivity contribution is -0.122. The number of rotatable bonds is 6. The predicted octanol–water partition coefficient (Wildman–Crippen LogP) is 1.61. The summed E-state index contributed by atoms with van der Waals surface area (Å²) in [4.78, 5) is 22.9. The summed E-state index contributed by atoms with van der Waals surface area (Å²) in [6.45, 7) is 1.85. The number of amides is 1. The number of anilines is 2. The Hall–Kier alpha value is -2.66. The molecule has 0 spiro atoms. The van der Waals surface area contributed by atoms with Crippen LogP contribution in [-0.2, 0) is 4.79 Å². The van der Waals surface area contributed by atoms with Crippen molar-refractivity contribution in [1.82, 2.24) is 15.3 Å². The first-order valence-electron chi connectivity index (χ1n) is 7.82. The molecule has 2 N–H and O–H groups in total. The van der Waals surface area contributed by atoms with Crippen LogP contribution in [0.4, 0.5) is 10.9 Å². The van der Waals surface area contributed by atoms with E-state index >= 15 is 0 Å². The number of hydrogen-bond donors (Lipinski definition) is 2. The van der Waals surface area contributed by atoms with Crippen molar-refractivity contribution in [2.24, 2.45) is 0 Å². The van der Waals surface area contributed by atoms with Crippen molar-refractivity contribution in [3.63, 3.8) is 0 Å². The third-order valence-electron chi connectivity index (χ3n) is 3.87. The molecular weight excluding hydrogens is 324 g/mol. The number of nitrogens with zero attached hydrogens (tertiary/aromatic N) is 4. The minimum Gasteiger partial charge on any atom is -0.367 e. The topological polar surface area (TPSA) is 93.9 Å². The standard InChI is InChI=1S/C16H18N6OS/c17-11-12-3-1-5-18-14(12)19-6-7-20-15(23)13-4-2-9-22(13)16-21-8-10-24-16/h1,3,5,8,10,13H,2,4,6-7,9H2,(H,18,19)(H,20,23)/t13-/m1/s1. The first-order valence-corrected chi connectivity index (χ1v) is 8.70. The molecule has 8 heteroatoms. The largest absolute Gasteiger partial charge is 0.367 e. The summed E-state index contributed by atoms with van der Waals surface area (Å²) < 4.78 is 0. The fraction of sp³-hybridized carbons (Fsp3) is 0.375. The second-order valence-electron chi connectivity index (χ2n) is 5.40. The third kappa shape index (κ3) is 3.63. The summed E-state index contributed by atoms with van der Waals surface area (Å²) in [5, 5.41) is 17.9. The van der Waals surface area contributed by atoms with Crippen molar-refractivity contribution < 1.29 is 4.79 Å². The van der Waals surface area contributed by atoms with Gasteiger partial charge in [-0.3, -0.25) is 4.79 Å². The molecule has 1 atom stereocenters. The Morgan fingerprint density at radius 1 is 1.42 bits per heavy atom. The lowest BCUT2D eigenvalue weighted by Crippen LogP contribution is -2.44. The van der Waals surface area contributed by atoms with Crippen molar-refractivity contribution in [2.75, 3.05) is 29.9 Å². The lowest BCUT2D eigenvalue weighted by atomic mass is 10.2. The van der Waals surface area contributed by atoms with Gasteiger partial charge in [0, 0.05) is 37.4 Å². The Bertz CT molecular complexity index is 726. The molecule has 0 unspecified atom stereocenters. The van der Waals surface area contributed by atoms with E-state index in [9.17, 15) is 4.79 Å². The molecule has 0 aromatic carbocycles. The molecule has 1 saturated heterocycles. The summed E-state index contributed by atoms with van der Waals surface area (Å²) >= 11 is 1.55. The maximum absolute atomic E-state index is 12.4. The number of pyridine rings is 1. The van der Waals surface area contributed by atoms with Gasteiger partial charge in [-0.25, -0.2) is 9.97 Å². The van der Waals surface area contributed by atoms with E-state index in [0.717, 1.165) is 24.5 Å². The van der Waals surface area contributed by atoms with E-state index in [0.29, 0.717) is 24.5 Å². The molecular formula is C16H18N6OS. The molecule has 1 amide bonds. The molecule has 1 aliphatic heterocycles. The van der Waals surface area contributed by atoms with Crippen molar-refractivity contribution in [3.8, 4) is 6.07 Å². The van der Waals surface area contributed by atoms with Gasteiger partial charge >= 0.3 is 0 Å². The number of hydrogen-bond acceptors (Lipinski definition) is 7. The molecule has 24 heavy (non-hydrogen) atoms. The van der Waals surface area contributed by atoms with Crippen molar-refractivity contribution in [1.29, 1.82) is 5.26 Å². The Labute approximate surface area is 144 Å². The first kappa shape index (κ1) is 16.2. The van der Waals surface area contributed by atoms with Crippen LogP contribution in [0.2, 0.25) is 0 Å². The highest BCUT2D eigenvalue weighted by molar-refractivity contribution is 7.13. The van der Waals surface area contributed by atoms with Crippen molar-refractivity contribution in [3.05, 3.63) is 35.5 Å². The van der Waals surface area contributed by atoms with E-state index < -0.39 is 0 Å². The van der Waals surface area contributed by atoms with Gasteiger partial charge in [0.1, 0.15) is 17.9 Å². The maximum atomic E-state index is 12.4. The zero-order valence-corrected chi connectivity index (χ0v) is 13.9. The molecule has 0 aliphatic carbocycles. The van der Waals surface area contributed by atoms with Gasteiger partial charge in [0.2, 0.25) is 5.91 Å². The molecule has 0 bridgehead atoms. The van der Waals surface area contributed by atoms with E-state index in [-0.39, 0.29) is 11.9 Å². The van der Waals surface area contributed by atoms with Gasteiger partial charge in [-0.2, -0.15) is 5.26 Å². The fourth-order valence-corrected chi connectivity index (χ4v) is 3.47. The number of thiazole rings is 1. The predicted molar refractivity (Wildman–Crippen MR) is 92.9 cm³/mol. The van der Waals surface area contributed by atoms with Gasteiger partial charge in [0.25, 0.3) is 0 Å². The molecule has 0 radical (unpaired) electrons. The van der Waals surface area contributed by atoms with E-state index in [1.165, 1.54) is 0 Å². The molecule has 3 rings (SSSR count). The minimum atomic E-state index is -0.152. The molecule has 3 heterocycles. The van der Waals surface area contributed by atoms with Crippen LogP contribution in [0.25, 0.3) is 0 Å². The highest BCUT2D eigenvalue weighted by atomic mass is 32.1. The zero-order chi connectivity index (χ0) is 16.8. The summed E-state index contributed by atoms with van der Waals surface area (Å²) in [6.07, 6.45) is 5.23. The van der Waals surface area contributed by atoms with Gasteiger partial charge in [0.15, 0.2) is 5.13 Å². The number of carbonyl (C=O) groups excluding carboxylic acids is 1. The minimum absolute atomic E-state index is 0.0195. The third-order valence-corrected chi connectivity index (χ3v) is 4.67. The molecule has 1 aliphatic rings. The van der Waals surface area contributed by atoms with Crippen LogP contribution < -0.4 is 15.5 Å². The number of carbonyl (C=O) groups is 1. The highest BCUT2D eigenvalue weighted by Crippen LogP contribution is 2.27. The second kappa shape index (κ2) is 7.75. The average Bonchev–Trinajstić information content (AvgIpc) is 3.29. The van der Waals surface area contributed by atoms with E-state index in [1.54, 1.807) is 35.9 Å². The van der Waals surface area contributed by atoms with Crippen LogP contribution in [0.3, 0.4) is 0 Å².